The first-order valence-corrected chi connectivity index (χ1v) is 10.3. The monoisotopic (exact) mass is 453 g/mol. The van der Waals surface area contributed by atoms with Gasteiger partial charge >= 0.3 is 0 Å². The van der Waals surface area contributed by atoms with Crippen LogP contribution >= 0.6 is 11.7 Å². The summed E-state index contributed by atoms with van der Waals surface area (Å²) >= 11 is 0.969. The second-order valence-corrected chi connectivity index (χ2v) is 7.28. The molecule has 0 aliphatic carbocycles. The van der Waals surface area contributed by atoms with Crippen LogP contribution in [0.25, 0.3) is 11.5 Å². The molecule has 2 amide bonds. The maximum Gasteiger partial charge on any atom is 0.291 e. The summed E-state index contributed by atoms with van der Waals surface area (Å²) in [5.74, 6) is 1.09. The molecule has 0 aliphatic rings. The van der Waals surface area contributed by atoms with Crippen molar-refractivity contribution in [2.45, 2.75) is 20.1 Å². The third-order valence-corrected chi connectivity index (χ3v) is 4.94. The van der Waals surface area contributed by atoms with Crippen LogP contribution in [0.15, 0.2) is 51.4 Å². The number of anilines is 1. The van der Waals surface area contributed by atoms with Crippen LogP contribution in [-0.4, -0.2) is 32.7 Å². The number of rotatable bonds is 8. The Labute approximate surface area is 186 Å². The van der Waals surface area contributed by atoms with Crippen molar-refractivity contribution in [2.24, 2.45) is 0 Å². The first kappa shape index (κ1) is 21.4. The average molecular weight is 453 g/mol. The number of nitrogens with zero attached hydrogens (tertiary/aromatic N) is 3. The molecule has 3 heterocycles. The van der Waals surface area contributed by atoms with E-state index in [2.05, 4.69) is 24.4 Å². The first-order chi connectivity index (χ1) is 15.5. The van der Waals surface area contributed by atoms with Crippen molar-refractivity contribution in [3.63, 3.8) is 0 Å². The number of benzene rings is 1. The van der Waals surface area contributed by atoms with Gasteiger partial charge in [-0.25, -0.2) is 4.98 Å². The molecule has 2 N–H and O–H groups in total. The van der Waals surface area contributed by atoms with Crippen LogP contribution in [0.3, 0.4) is 0 Å². The molecule has 0 unspecified atom stereocenters. The topological polar surface area (TPSA) is 132 Å². The Morgan fingerprint density at radius 2 is 1.91 bits per heavy atom. The number of methoxy groups -OCH3 is 1. The fourth-order valence-corrected chi connectivity index (χ4v) is 3.26. The summed E-state index contributed by atoms with van der Waals surface area (Å²) < 4.78 is 23.9. The summed E-state index contributed by atoms with van der Waals surface area (Å²) in [5, 5.41) is 5.51. The molecule has 0 spiro atoms. The molecule has 1 aromatic carbocycles. The van der Waals surface area contributed by atoms with Gasteiger partial charge in [0.05, 0.1) is 24.5 Å². The highest BCUT2D eigenvalue weighted by Gasteiger charge is 2.15. The predicted molar refractivity (Wildman–Crippen MR) is 115 cm³/mol. The lowest BCUT2D eigenvalue weighted by molar-refractivity contribution is 0.0945. The van der Waals surface area contributed by atoms with Crippen molar-refractivity contribution in [2.75, 3.05) is 12.4 Å². The molecule has 3 aromatic heterocycles. The van der Waals surface area contributed by atoms with Crippen molar-refractivity contribution in [3.8, 4) is 11.5 Å². The second kappa shape index (κ2) is 9.54. The van der Waals surface area contributed by atoms with Crippen molar-refractivity contribution >= 4 is 29.2 Å². The van der Waals surface area contributed by atoms with E-state index in [9.17, 15) is 9.59 Å². The third-order valence-electron chi connectivity index (χ3n) is 4.46. The summed E-state index contributed by atoms with van der Waals surface area (Å²) in [5.41, 5.74) is 2.20. The van der Waals surface area contributed by atoms with E-state index in [-0.39, 0.29) is 29.8 Å². The van der Waals surface area contributed by atoms with E-state index in [4.69, 9.17) is 13.6 Å². The van der Waals surface area contributed by atoms with Gasteiger partial charge in [0.15, 0.2) is 11.5 Å². The van der Waals surface area contributed by atoms with Gasteiger partial charge in [-0.1, -0.05) is 0 Å². The van der Waals surface area contributed by atoms with Crippen molar-refractivity contribution in [1.82, 2.24) is 19.0 Å². The van der Waals surface area contributed by atoms with Gasteiger partial charge < -0.3 is 24.2 Å². The van der Waals surface area contributed by atoms with Crippen LogP contribution in [0.5, 0.6) is 0 Å². The zero-order valence-electron chi connectivity index (χ0n) is 17.2. The smallest absolute Gasteiger partial charge is 0.291 e. The van der Waals surface area contributed by atoms with Crippen LogP contribution in [-0.2, 0) is 17.9 Å². The number of hydrogen-bond donors (Lipinski definition) is 2. The van der Waals surface area contributed by atoms with Gasteiger partial charge in [0, 0.05) is 18.4 Å². The Bertz CT molecular complexity index is 1210. The van der Waals surface area contributed by atoms with Crippen LogP contribution in [0, 0.1) is 6.92 Å². The standard InChI is InChI=1S/C21H19N5O5S/c1-12-16(9-22-19(27)17-10-23-32-26-17)25-21(30-12)13-3-5-14(6-4-13)24-20(28)18-8-7-15(31-18)11-29-2/h3-8,10H,9,11H2,1-2H3,(H,22,27)(H,24,28). The minimum absolute atomic E-state index is 0.199. The van der Waals surface area contributed by atoms with Gasteiger partial charge in [0.2, 0.25) is 5.89 Å². The molecule has 4 rings (SSSR count). The van der Waals surface area contributed by atoms with Gasteiger partial charge in [-0.3, -0.25) is 9.59 Å². The normalized spacial score (nSPS) is 10.8. The highest BCUT2D eigenvalue weighted by atomic mass is 32.1. The van der Waals surface area contributed by atoms with Crippen LogP contribution < -0.4 is 10.6 Å². The minimum Gasteiger partial charge on any atom is -0.453 e. The van der Waals surface area contributed by atoms with Crippen LogP contribution in [0.4, 0.5) is 5.69 Å². The second-order valence-electron chi connectivity index (χ2n) is 6.73. The van der Waals surface area contributed by atoms with Gasteiger partial charge in [0.1, 0.15) is 23.8 Å². The summed E-state index contributed by atoms with van der Waals surface area (Å²) in [4.78, 5) is 28.8. The van der Waals surface area contributed by atoms with E-state index in [1.807, 2.05) is 0 Å². The number of carbonyl (C=O) groups is 2. The largest absolute Gasteiger partial charge is 0.453 e. The summed E-state index contributed by atoms with van der Waals surface area (Å²) in [6.07, 6.45) is 1.41. The van der Waals surface area contributed by atoms with E-state index < -0.39 is 0 Å². The van der Waals surface area contributed by atoms with Gasteiger partial charge in [-0.2, -0.15) is 8.75 Å². The van der Waals surface area contributed by atoms with E-state index in [0.29, 0.717) is 35.4 Å². The van der Waals surface area contributed by atoms with E-state index in [0.717, 1.165) is 17.3 Å². The predicted octanol–water partition coefficient (Wildman–Crippen LogP) is 3.42. The highest BCUT2D eigenvalue weighted by molar-refractivity contribution is 6.99. The average Bonchev–Trinajstić information content (AvgIpc) is 3.54. The SMILES string of the molecule is COCc1ccc(C(=O)Nc2ccc(-c3nc(CNC(=O)c4cnsn4)c(C)o3)cc2)o1. The van der Waals surface area contributed by atoms with Gasteiger partial charge in [-0.05, 0) is 43.3 Å². The molecule has 164 valence electrons. The molecule has 10 nitrogen and oxygen atoms in total. The number of amides is 2. The van der Waals surface area contributed by atoms with Crippen LogP contribution in [0.1, 0.15) is 38.3 Å². The molecule has 32 heavy (non-hydrogen) atoms. The van der Waals surface area contributed by atoms with Crippen molar-refractivity contribution in [1.29, 1.82) is 0 Å². The van der Waals surface area contributed by atoms with Crippen LogP contribution in [0.2, 0.25) is 0 Å². The Morgan fingerprint density at radius 1 is 1.09 bits per heavy atom. The molecule has 0 fully saturated rings. The fraction of sp³-hybridized carbons (Fsp3) is 0.190. The molecule has 11 heteroatoms. The maximum absolute atomic E-state index is 12.3. The molecule has 0 saturated heterocycles. The Balaban J connectivity index is 1.38. The molecular weight excluding hydrogens is 434 g/mol. The first-order valence-electron chi connectivity index (χ1n) is 9.55. The third kappa shape index (κ3) is 4.90. The minimum atomic E-state index is -0.361. The molecule has 0 atom stereocenters. The lowest BCUT2D eigenvalue weighted by Gasteiger charge is -2.04. The maximum atomic E-state index is 12.3. The number of hydrogen-bond acceptors (Lipinski definition) is 9. The molecule has 4 aromatic rings. The number of ether oxygens (including phenoxy) is 1. The zero-order chi connectivity index (χ0) is 22.5. The fourth-order valence-electron chi connectivity index (χ4n) is 2.84. The quantitative estimate of drug-likeness (QED) is 0.415. The van der Waals surface area contributed by atoms with E-state index in [1.165, 1.54) is 6.20 Å². The number of furan rings is 1. The number of nitrogens with one attached hydrogen (secondary N) is 2. The van der Waals surface area contributed by atoms with Crippen molar-refractivity contribution in [3.05, 3.63) is 71.3 Å². The Morgan fingerprint density at radius 3 is 2.62 bits per heavy atom. The Hall–Kier alpha value is -3.83. The van der Waals surface area contributed by atoms with Crippen molar-refractivity contribution < 1.29 is 23.2 Å². The molecule has 0 saturated carbocycles. The Kier molecular flexibility index (Phi) is 6.38. The lowest BCUT2D eigenvalue weighted by atomic mass is 10.2. The van der Waals surface area contributed by atoms with E-state index in [1.54, 1.807) is 50.4 Å². The molecular formula is C21H19N5O5S. The molecule has 0 radical (unpaired) electrons. The zero-order valence-corrected chi connectivity index (χ0v) is 18.1. The van der Waals surface area contributed by atoms with Gasteiger partial charge in [-0.15, -0.1) is 0 Å². The number of oxazole rings is 1. The molecule has 0 aliphatic heterocycles. The highest BCUT2D eigenvalue weighted by Crippen LogP contribution is 2.24. The summed E-state index contributed by atoms with van der Waals surface area (Å²) in [6.45, 7) is 2.28. The number of carbonyl (C=O) groups excluding carboxylic acids is 2. The number of aryl methyl sites for hydroxylation is 1. The lowest BCUT2D eigenvalue weighted by Crippen LogP contribution is -2.23. The number of aromatic nitrogens is 3. The van der Waals surface area contributed by atoms with Gasteiger partial charge in [0.25, 0.3) is 11.8 Å². The molecule has 0 bridgehead atoms. The summed E-state index contributed by atoms with van der Waals surface area (Å²) in [7, 11) is 1.55. The summed E-state index contributed by atoms with van der Waals surface area (Å²) in [6, 6.07) is 10.3. The van der Waals surface area contributed by atoms with E-state index >= 15 is 0 Å².